The number of nitrogens with zero attached hydrogens (tertiary/aromatic N) is 3. The number of nitrogens with one attached hydrogen (secondary N) is 1. The molecule has 2 amide bonds. The molecule has 4 heterocycles. The molecule has 1 fully saturated rings. The van der Waals surface area contributed by atoms with Crippen molar-refractivity contribution in [2.24, 2.45) is 11.8 Å². The van der Waals surface area contributed by atoms with Crippen LogP contribution < -0.4 is 5.32 Å². The zero-order chi connectivity index (χ0) is 34.4. The van der Waals surface area contributed by atoms with E-state index in [4.69, 9.17) is 4.42 Å². The second-order valence-corrected chi connectivity index (χ2v) is 11.5. The maximum Gasteiger partial charge on any atom is 0.416 e. The lowest BCUT2D eigenvalue weighted by Gasteiger charge is -2.43. The molecular formula is C34H26F6N4O4. The summed E-state index contributed by atoms with van der Waals surface area (Å²) in [4.78, 5) is 36.9. The minimum absolute atomic E-state index is 0.0108. The Kier molecular flexibility index (Phi) is 8.35. The number of phenolic OH excluding ortho intramolecular Hbond substituents is 1. The number of phenols is 1. The van der Waals surface area contributed by atoms with E-state index in [1.165, 1.54) is 62.0 Å². The fourth-order valence-corrected chi connectivity index (χ4v) is 6.06. The van der Waals surface area contributed by atoms with Gasteiger partial charge in [0.15, 0.2) is 0 Å². The van der Waals surface area contributed by atoms with Gasteiger partial charge in [0.05, 0.1) is 23.7 Å². The van der Waals surface area contributed by atoms with Crippen LogP contribution in [-0.2, 0) is 11.0 Å². The summed E-state index contributed by atoms with van der Waals surface area (Å²) in [7, 11) is 0. The molecule has 3 aromatic heterocycles. The van der Waals surface area contributed by atoms with Crippen LogP contribution in [0, 0.1) is 18.8 Å². The molecule has 2 aromatic carbocycles. The first-order valence-corrected chi connectivity index (χ1v) is 14.6. The molecule has 2 N–H and O–H groups in total. The zero-order valence-corrected chi connectivity index (χ0v) is 25.0. The van der Waals surface area contributed by atoms with Crippen LogP contribution in [0.3, 0.4) is 0 Å². The number of benzene rings is 2. The number of carbonyl (C=O) groups is 2. The van der Waals surface area contributed by atoms with Gasteiger partial charge in [-0.3, -0.25) is 19.6 Å². The summed E-state index contributed by atoms with van der Waals surface area (Å²) in [6.45, 7) is 0.417. The van der Waals surface area contributed by atoms with Crippen LogP contribution >= 0.6 is 0 Å². The largest absolute Gasteiger partial charge is 0.507 e. The SMILES string of the molecule is Cc1ccc(NC(=O)C2CC(C(F)(F)F)CN(C(=O)c3ccc(-c4cncc5c(O)cccc45)cn3)C2c2ccco2)cc1C(F)(F)F. The minimum atomic E-state index is -4.82. The maximum atomic E-state index is 14.3. The fourth-order valence-electron chi connectivity index (χ4n) is 6.06. The number of likely N-dealkylation sites (tertiary alicyclic amines) is 1. The van der Waals surface area contributed by atoms with Crippen molar-refractivity contribution in [3.63, 3.8) is 0 Å². The Labute approximate surface area is 269 Å². The molecule has 0 radical (unpaired) electrons. The van der Waals surface area contributed by atoms with E-state index >= 15 is 0 Å². The Morgan fingerprint density at radius 2 is 1.75 bits per heavy atom. The van der Waals surface area contributed by atoms with Crippen molar-refractivity contribution in [2.45, 2.75) is 31.7 Å². The van der Waals surface area contributed by atoms with E-state index in [2.05, 4.69) is 15.3 Å². The normalized spacial score (nSPS) is 18.6. The van der Waals surface area contributed by atoms with Gasteiger partial charge >= 0.3 is 12.4 Å². The van der Waals surface area contributed by atoms with E-state index in [9.17, 15) is 41.0 Å². The monoisotopic (exact) mass is 668 g/mol. The molecule has 0 aliphatic carbocycles. The van der Waals surface area contributed by atoms with Gasteiger partial charge in [-0.1, -0.05) is 24.3 Å². The summed E-state index contributed by atoms with van der Waals surface area (Å²) in [6.07, 6.45) is -4.69. The average molecular weight is 669 g/mol. The van der Waals surface area contributed by atoms with E-state index in [0.29, 0.717) is 28.0 Å². The number of aromatic nitrogens is 2. The van der Waals surface area contributed by atoms with Crippen molar-refractivity contribution >= 4 is 28.3 Å². The fraction of sp³-hybridized carbons (Fsp3) is 0.235. The highest BCUT2D eigenvalue weighted by molar-refractivity contribution is 5.99. The molecule has 0 spiro atoms. The Balaban J connectivity index is 1.35. The molecule has 14 heteroatoms. The van der Waals surface area contributed by atoms with Gasteiger partial charge in [0.25, 0.3) is 5.91 Å². The summed E-state index contributed by atoms with van der Waals surface area (Å²) < 4.78 is 89.0. The molecule has 1 aliphatic heterocycles. The van der Waals surface area contributed by atoms with Gasteiger partial charge in [0.2, 0.25) is 5.91 Å². The number of aryl methyl sites for hydroxylation is 1. The number of carbonyl (C=O) groups excluding carboxylic acids is 2. The first-order valence-electron chi connectivity index (χ1n) is 14.6. The molecule has 0 saturated carbocycles. The average Bonchev–Trinajstić information content (AvgIpc) is 3.59. The van der Waals surface area contributed by atoms with E-state index in [-0.39, 0.29) is 28.5 Å². The smallest absolute Gasteiger partial charge is 0.416 e. The van der Waals surface area contributed by atoms with Crippen LogP contribution in [-0.4, -0.2) is 44.5 Å². The van der Waals surface area contributed by atoms with Crippen molar-refractivity contribution < 1.29 is 45.5 Å². The first kappa shape index (κ1) is 32.5. The Morgan fingerprint density at radius 1 is 0.958 bits per heavy atom. The van der Waals surface area contributed by atoms with Crippen molar-refractivity contribution in [1.29, 1.82) is 0 Å². The van der Waals surface area contributed by atoms with Gasteiger partial charge in [-0.25, -0.2) is 0 Å². The van der Waals surface area contributed by atoms with Crippen LogP contribution in [0.5, 0.6) is 5.75 Å². The van der Waals surface area contributed by atoms with Gasteiger partial charge in [-0.15, -0.1) is 0 Å². The number of pyridine rings is 2. The minimum Gasteiger partial charge on any atom is -0.507 e. The maximum absolute atomic E-state index is 14.3. The van der Waals surface area contributed by atoms with E-state index in [1.807, 2.05) is 0 Å². The standard InChI is InChI=1S/C34H26F6N4O4/c1-18-7-9-21(13-26(18)34(38,39)40)43-31(46)23-12-20(33(35,36)37)17-44(30(23)29-6-3-11-48-29)32(47)27-10-8-19(14-42-27)24-15-41-16-25-22(24)4-2-5-28(25)45/h2-11,13-16,20,23,30,45H,12,17H2,1H3,(H,43,46). The van der Waals surface area contributed by atoms with Gasteiger partial charge in [-0.05, 0) is 60.7 Å². The van der Waals surface area contributed by atoms with Crippen LogP contribution in [0.4, 0.5) is 32.0 Å². The second-order valence-electron chi connectivity index (χ2n) is 11.5. The van der Waals surface area contributed by atoms with Gasteiger partial charge in [-0.2, -0.15) is 26.3 Å². The van der Waals surface area contributed by atoms with Crippen molar-refractivity contribution in [2.75, 3.05) is 11.9 Å². The summed E-state index contributed by atoms with van der Waals surface area (Å²) >= 11 is 0. The third-order valence-electron chi connectivity index (χ3n) is 8.45. The van der Waals surface area contributed by atoms with Crippen molar-refractivity contribution in [3.8, 4) is 16.9 Å². The number of fused-ring (bicyclic) bond motifs is 1. The van der Waals surface area contributed by atoms with Gasteiger partial charge in [0, 0.05) is 47.3 Å². The molecule has 8 nitrogen and oxygen atoms in total. The third kappa shape index (κ3) is 6.29. The van der Waals surface area contributed by atoms with Crippen LogP contribution in [0.25, 0.3) is 21.9 Å². The number of halogens is 6. The highest BCUT2D eigenvalue weighted by atomic mass is 19.4. The molecule has 0 bridgehead atoms. The molecular weight excluding hydrogens is 642 g/mol. The number of hydrogen-bond donors (Lipinski definition) is 2. The number of furan rings is 1. The molecule has 3 unspecified atom stereocenters. The van der Waals surface area contributed by atoms with Crippen LogP contribution in [0.15, 0.2) is 89.9 Å². The lowest BCUT2D eigenvalue weighted by molar-refractivity contribution is -0.194. The number of anilines is 1. The highest BCUT2D eigenvalue weighted by Gasteiger charge is 2.52. The van der Waals surface area contributed by atoms with Crippen molar-refractivity contribution in [3.05, 3.63) is 108 Å². The summed E-state index contributed by atoms with van der Waals surface area (Å²) in [6, 6.07) is 12.4. The summed E-state index contributed by atoms with van der Waals surface area (Å²) in [5, 5.41) is 13.7. The quantitative estimate of drug-likeness (QED) is 0.184. The molecule has 1 aliphatic rings. The summed E-state index contributed by atoms with van der Waals surface area (Å²) in [5.41, 5.74) is -0.507. The van der Waals surface area contributed by atoms with Crippen molar-refractivity contribution in [1.82, 2.24) is 14.9 Å². The lowest BCUT2D eigenvalue weighted by Crippen LogP contribution is -2.52. The third-order valence-corrected chi connectivity index (χ3v) is 8.45. The number of amides is 2. The molecule has 5 aromatic rings. The number of hydrogen-bond acceptors (Lipinski definition) is 6. The zero-order valence-electron chi connectivity index (χ0n) is 25.0. The number of rotatable bonds is 5. The Hall–Kier alpha value is -5.40. The first-order chi connectivity index (χ1) is 22.7. The van der Waals surface area contributed by atoms with Gasteiger partial charge < -0.3 is 19.7 Å². The van der Waals surface area contributed by atoms with E-state index in [0.717, 1.165) is 11.0 Å². The molecule has 248 valence electrons. The van der Waals surface area contributed by atoms with Crippen LogP contribution in [0.2, 0.25) is 0 Å². The van der Waals surface area contributed by atoms with Gasteiger partial charge in [0.1, 0.15) is 23.2 Å². The topological polar surface area (TPSA) is 109 Å². The van der Waals surface area contributed by atoms with E-state index in [1.54, 1.807) is 18.3 Å². The van der Waals surface area contributed by atoms with E-state index < -0.39 is 60.6 Å². The Morgan fingerprint density at radius 3 is 2.42 bits per heavy atom. The number of alkyl halides is 6. The molecule has 1 saturated heterocycles. The predicted octanol–water partition coefficient (Wildman–Crippen LogP) is 7.94. The second kappa shape index (κ2) is 12.3. The highest BCUT2D eigenvalue weighted by Crippen LogP contribution is 2.45. The predicted molar refractivity (Wildman–Crippen MR) is 162 cm³/mol. The summed E-state index contributed by atoms with van der Waals surface area (Å²) in [5.74, 6) is -5.61. The van der Waals surface area contributed by atoms with Crippen LogP contribution in [0.1, 0.15) is 39.8 Å². The lowest BCUT2D eigenvalue weighted by atomic mass is 9.80. The number of aromatic hydroxyl groups is 1. The Bertz CT molecular complexity index is 1980. The number of piperidine rings is 1. The molecule has 6 rings (SSSR count). The molecule has 3 atom stereocenters. The molecule has 48 heavy (non-hydrogen) atoms.